The molecule has 1 heterocycles. The van der Waals surface area contributed by atoms with Crippen LogP contribution in [0.5, 0.6) is 5.75 Å². The molecule has 0 bridgehead atoms. The zero-order valence-electron chi connectivity index (χ0n) is 14.4. The third-order valence-corrected chi connectivity index (χ3v) is 4.84. The van der Waals surface area contributed by atoms with Crippen LogP contribution in [-0.4, -0.2) is 12.5 Å². The Balaban J connectivity index is 1.69. The molecule has 3 nitrogen and oxygen atoms in total. The minimum absolute atomic E-state index is 0.00279. The lowest BCUT2D eigenvalue weighted by Crippen LogP contribution is -2.32. The zero-order chi connectivity index (χ0) is 17.6. The highest BCUT2D eigenvalue weighted by Crippen LogP contribution is 2.26. The van der Waals surface area contributed by atoms with E-state index >= 15 is 0 Å². The van der Waals surface area contributed by atoms with Gasteiger partial charge in [-0.1, -0.05) is 48.0 Å². The molecule has 0 spiro atoms. The number of hydrogen-bond donors (Lipinski definition) is 1. The fourth-order valence-corrected chi connectivity index (χ4v) is 3.39. The van der Waals surface area contributed by atoms with Crippen LogP contribution in [0.15, 0.2) is 66.0 Å². The Morgan fingerprint density at radius 1 is 1.04 bits per heavy atom. The Kier molecular flexibility index (Phi) is 5.51. The number of nitrogens with one attached hydrogen (secondary N) is 1. The van der Waals surface area contributed by atoms with Crippen molar-refractivity contribution in [2.24, 2.45) is 0 Å². The monoisotopic (exact) mass is 351 g/mol. The molecule has 0 radical (unpaired) electrons. The molecule has 0 aliphatic carbocycles. The summed E-state index contributed by atoms with van der Waals surface area (Å²) in [6.07, 6.45) is 0. The Hall–Kier alpha value is -2.59. The van der Waals surface area contributed by atoms with Crippen LogP contribution in [-0.2, 0) is 4.79 Å². The van der Waals surface area contributed by atoms with Crippen molar-refractivity contribution in [3.8, 4) is 5.75 Å². The molecule has 0 aliphatic heterocycles. The van der Waals surface area contributed by atoms with Gasteiger partial charge >= 0.3 is 0 Å². The van der Waals surface area contributed by atoms with Crippen LogP contribution in [0.4, 0.5) is 0 Å². The summed E-state index contributed by atoms with van der Waals surface area (Å²) in [4.78, 5) is 13.5. The summed E-state index contributed by atoms with van der Waals surface area (Å²) in [6.45, 7) is 4.05. The quantitative estimate of drug-likeness (QED) is 0.702. The molecular weight excluding hydrogens is 330 g/mol. The first-order valence-corrected chi connectivity index (χ1v) is 9.08. The Morgan fingerprint density at radius 2 is 1.84 bits per heavy atom. The Labute approximate surface area is 152 Å². The second-order valence-electron chi connectivity index (χ2n) is 6.03. The van der Waals surface area contributed by atoms with Gasteiger partial charge < -0.3 is 10.1 Å². The van der Waals surface area contributed by atoms with Gasteiger partial charge in [0.1, 0.15) is 5.75 Å². The average Bonchev–Trinajstić information content (AvgIpc) is 3.13. The van der Waals surface area contributed by atoms with Crippen molar-refractivity contribution < 1.29 is 9.53 Å². The van der Waals surface area contributed by atoms with E-state index in [1.54, 1.807) is 11.3 Å². The third-order valence-electron chi connectivity index (χ3n) is 3.90. The first-order valence-electron chi connectivity index (χ1n) is 8.20. The van der Waals surface area contributed by atoms with Gasteiger partial charge in [-0.25, -0.2) is 0 Å². The van der Waals surface area contributed by atoms with E-state index in [-0.39, 0.29) is 18.6 Å². The number of benzene rings is 2. The minimum Gasteiger partial charge on any atom is -0.484 e. The lowest BCUT2D eigenvalue weighted by molar-refractivity contribution is -0.123. The largest absolute Gasteiger partial charge is 0.484 e. The molecule has 0 saturated carbocycles. The van der Waals surface area contributed by atoms with Crippen LogP contribution in [0, 0.1) is 13.8 Å². The predicted octanol–water partition coefficient (Wildman–Crippen LogP) is 4.65. The van der Waals surface area contributed by atoms with Crippen molar-refractivity contribution in [3.05, 3.63) is 87.6 Å². The summed E-state index contributed by atoms with van der Waals surface area (Å²) in [6, 6.07) is 19.8. The summed E-state index contributed by atoms with van der Waals surface area (Å²) in [7, 11) is 0. The van der Waals surface area contributed by atoms with Crippen molar-refractivity contribution in [3.63, 3.8) is 0 Å². The van der Waals surface area contributed by atoms with Gasteiger partial charge in [-0.05, 0) is 48.6 Å². The van der Waals surface area contributed by atoms with Gasteiger partial charge in [0, 0.05) is 4.88 Å². The van der Waals surface area contributed by atoms with Gasteiger partial charge in [0.2, 0.25) is 0 Å². The van der Waals surface area contributed by atoms with E-state index in [0.717, 1.165) is 16.0 Å². The fourth-order valence-electron chi connectivity index (χ4n) is 2.59. The number of aryl methyl sites for hydroxylation is 2. The van der Waals surface area contributed by atoms with Crippen LogP contribution in [0.2, 0.25) is 0 Å². The van der Waals surface area contributed by atoms with Crippen LogP contribution < -0.4 is 10.1 Å². The number of hydrogen-bond acceptors (Lipinski definition) is 3. The van der Waals surface area contributed by atoms with Crippen molar-refractivity contribution in [1.29, 1.82) is 0 Å². The number of ether oxygens (including phenoxy) is 1. The van der Waals surface area contributed by atoms with E-state index in [1.165, 1.54) is 5.56 Å². The minimum atomic E-state index is -0.158. The van der Waals surface area contributed by atoms with E-state index in [2.05, 4.69) is 36.5 Å². The molecule has 0 saturated heterocycles. The average molecular weight is 351 g/mol. The molecule has 1 N–H and O–H groups in total. The first kappa shape index (κ1) is 17.2. The highest BCUT2D eigenvalue weighted by Gasteiger charge is 2.18. The molecule has 1 amide bonds. The van der Waals surface area contributed by atoms with Gasteiger partial charge in [0.05, 0.1) is 6.04 Å². The van der Waals surface area contributed by atoms with E-state index in [0.29, 0.717) is 5.75 Å². The number of carbonyl (C=O) groups excluding carboxylic acids is 1. The van der Waals surface area contributed by atoms with Crippen molar-refractivity contribution >= 4 is 17.2 Å². The smallest absolute Gasteiger partial charge is 0.258 e. The fraction of sp³-hybridized carbons (Fsp3) is 0.190. The van der Waals surface area contributed by atoms with E-state index in [4.69, 9.17) is 4.74 Å². The second kappa shape index (κ2) is 7.99. The molecule has 25 heavy (non-hydrogen) atoms. The molecular formula is C21H21NO2S. The maximum atomic E-state index is 12.4. The number of rotatable bonds is 6. The topological polar surface area (TPSA) is 38.3 Å². The molecule has 3 rings (SSSR count). The zero-order valence-corrected chi connectivity index (χ0v) is 15.2. The Morgan fingerprint density at radius 3 is 2.52 bits per heavy atom. The molecule has 1 aromatic heterocycles. The van der Waals surface area contributed by atoms with Crippen LogP contribution in [0.3, 0.4) is 0 Å². The second-order valence-corrected chi connectivity index (χ2v) is 7.01. The van der Waals surface area contributed by atoms with Gasteiger partial charge in [-0.15, -0.1) is 11.3 Å². The molecule has 4 heteroatoms. The van der Waals surface area contributed by atoms with Gasteiger partial charge in [0.25, 0.3) is 5.91 Å². The standard InChI is InChI=1S/C21H21NO2S/c1-15-8-10-17(11-9-15)21(19-7-4-12-25-19)22-20(23)14-24-18-6-3-5-16(2)13-18/h3-13,21H,14H2,1-2H3,(H,22,23)/t21-/m0/s1. The van der Waals surface area contributed by atoms with E-state index in [1.807, 2.05) is 48.7 Å². The molecule has 3 aromatic rings. The van der Waals surface area contributed by atoms with Crippen LogP contribution >= 0.6 is 11.3 Å². The normalized spacial score (nSPS) is 11.8. The molecule has 0 unspecified atom stereocenters. The highest BCUT2D eigenvalue weighted by molar-refractivity contribution is 7.10. The van der Waals surface area contributed by atoms with Crippen LogP contribution in [0.25, 0.3) is 0 Å². The van der Waals surface area contributed by atoms with E-state index in [9.17, 15) is 4.79 Å². The summed E-state index contributed by atoms with van der Waals surface area (Å²) < 4.78 is 5.61. The molecule has 0 aliphatic rings. The maximum absolute atomic E-state index is 12.4. The molecule has 0 fully saturated rings. The maximum Gasteiger partial charge on any atom is 0.258 e. The van der Waals surface area contributed by atoms with Gasteiger partial charge in [-0.3, -0.25) is 4.79 Å². The summed E-state index contributed by atoms with van der Waals surface area (Å²) in [5, 5.41) is 5.11. The van der Waals surface area contributed by atoms with Crippen LogP contribution in [0.1, 0.15) is 27.6 Å². The van der Waals surface area contributed by atoms with Crippen molar-refractivity contribution in [1.82, 2.24) is 5.32 Å². The number of carbonyl (C=O) groups is 1. The lowest BCUT2D eigenvalue weighted by Gasteiger charge is -2.18. The number of amides is 1. The molecule has 2 aromatic carbocycles. The molecule has 1 atom stereocenters. The Bertz CT molecular complexity index is 825. The third kappa shape index (κ3) is 4.70. The van der Waals surface area contributed by atoms with Gasteiger partial charge in [-0.2, -0.15) is 0 Å². The van der Waals surface area contributed by atoms with Crippen molar-refractivity contribution in [2.75, 3.05) is 6.61 Å². The first-order chi connectivity index (χ1) is 12.1. The molecule has 128 valence electrons. The summed E-state index contributed by atoms with van der Waals surface area (Å²) in [5.74, 6) is 0.568. The van der Waals surface area contributed by atoms with Gasteiger partial charge in [0.15, 0.2) is 6.61 Å². The van der Waals surface area contributed by atoms with E-state index < -0.39 is 0 Å². The summed E-state index contributed by atoms with van der Waals surface area (Å²) >= 11 is 1.63. The SMILES string of the molecule is Cc1ccc([C@H](NC(=O)COc2cccc(C)c2)c2cccs2)cc1. The predicted molar refractivity (Wildman–Crippen MR) is 102 cm³/mol. The van der Waals surface area contributed by atoms with Crippen molar-refractivity contribution in [2.45, 2.75) is 19.9 Å². The highest BCUT2D eigenvalue weighted by atomic mass is 32.1. The lowest BCUT2D eigenvalue weighted by atomic mass is 10.0. The number of thiophene rings is 1. The summed E-state index contributed by atoms with van der Waals surface area (Å²) in [5.41, 5.74) is 3.37.